The van der Waals surface area contributed by atoms with E-state index in [2.05, 4.69) is 15.1 Å². The van der Waals surface area contributed by atoms with E-state index >= 15 is 0 Å². The molecule has 0 saturated carbocycles. The Balaban J connectivity index is 2.07. The summed E-state index contributed by atoms with van der Waals surface area (Å²) in [6, 6.07) is 5.86. The molecule has 3 rings (SSSR count). The van der Waals surface area contributed by atoms with Gasteiger partial charge in [0.1, 0.15) is 11.3 Å². The molecule has 110 valence electrons. The average Bonchev–Trinajstić information content (AvgIpc) is 2.96. The molecule has 0 fully saturated rings. The number of ether oxygens (including phenoxy) is 1. The minimum atomic E-state index is 0.0979. The van der Waals surface area contributed by atoms with Crippen molar-refractivity contribution in [1.29, 1.82) is 0 Å². The lowest BCUT2D eigenvalue weighted by Crippen LogP contribution is -2.06. The van der Waals surface area contributed by atoms with E-state index in [1.165, 1.54) is 0 Å². The molecule has 0 unspecified atom stereocenters. The van der Waals surface area contributed by atoms with Gasteiger partial charge in [0.2, 0.25) is 5.89 Å². The fourth-order valence-electron chi connectivity index (χ4n) is 2.21. The van der Waals surface area contributed by atoms with Crippen molar-refractivity contribution >= 4 is 23.3 Å². The maximum Gasteiger partial charge on any atom is 0.223 e. The normalized spacial score (nSPS) is 11.4. The molecule has 0 aliphatic carbocycles. The van der Waals surface area contributed by atoms with Crippen LogP contribution in [-0.4, -0.2) is 25.8 Å². The molecule has 0 radical (unpaired) electrons. The van der Waals surface area contributed by atoms with Crippen LogP contribution in [0.4, 0.5) is 0 Å². The number of nitrogens with one attached hydrogen (secondary N) is 1. The Morgan fingerprint density at radius 2 is 2.24 bits per heavy atom. The summed E-state index contributed by atoms with van der Waals surface area (Å²) in [5.41, 5.74) is 1.84. The molecule has 0 aliphatic rings. The van der Waals surface area contributed by atoms with Gasteiger partial charge < -0.3 is 18.8 Å². The van der Waals surface area contributed by atoms with Crippen LogP contribution in [0, 0.1) is 11.7 Å². The van der Waals surface area contributed by atoms with E-state index in [9.17, 15) is 0 Å². The summed E-state index contributed by atoms with van der Waals surface area (Å²) in [6.45, 7) is 6.21. The highest BCUT2D eigenvalue weighted by Crippen LogP contribution is 2.26. The van der Waals surface area contributed by atoms with Gasteiger partial charge in [-0.1, -0.05) is 11.2 Å². The van der Waals surface area contributed by atoms with Gasteiger partial charge in [-0.3, -0.25) is 0 Å². The standard InChI is InChI=1S/C14H16N4O2S/c1-8(2)19-11-6-4-5-10-13(11)16-14(21)18(10)7-12-15-9(3)20-17-12/h4-6,8H,7H2,1-3H3,(H,16,21). The van der Waals surface area contributed by atoms with Crippen LogP contribution in [0.1, 0.15) is 25.6 Å². The molecule has 0 spiro atoms. The van der Waals surface area contributed by atoms with Crippen molar-refractivity contribution in [2.45, 2.75) is 33.4 Å². The van der Waals surface area contributed by atoms with Crippen LogP contribution in [0.3, 0.4) is 0 Å². The minimum Gasteiger partial charge on any atom is -0.489 e. The summed E-state index contributed by atoms with van der Waals surface area (Å²) in [7, 11) is 0. The largest absolute Gasteiger partial charge is 0.489 e. The molecule has 0 saturated heterocycles. The van der Waals surface area contributed by atoms with Crippen LogP contribution in [-0.2, 0) is 6.54 Å². The van der Waals surface area contributed by atoms with E-state index in [-0.39, 0.29) is 6.10 Å². The highest BCUT2D eigenvalue weighted by Gasteiger charge is 2.12. The first kappa shape index (κ1) is 13.8. The molecule has 2 heterocycles. The van der Waals surface area contributed by atoms with Gasteiger partial charge in [-0.05, 0) is 38.2 Å². The quantitative estimate of drug-likeness (QED) is 0.749. The lowest BCUT2D eigenvalue weighted by atomic mass is 10.3. The lowest BCUT2D eigenvalue weighted by Gasteiger charge is -2.10. The predicted octanol–water partition coefficient (Wildman–Crippen LogP) is 3.23. The van der Waals surface area contributed by atoms with Gasteiger partial charge in [0.25, 0.3) is 0 Å². The Bertz CT molecular complexity index is 831. The zero-order valence-corrected chi connectivity index (χ0v) is 12.9. The summed E-state index contributed by atoms with van der Waals surface area (Å²) in [5, 5.41) is 3.91. The monoisotopic (exact) mass is 304 g/mol. The van der Waals surface area contributed by atoms with Gasteiger partial charge in [0, 0.05) is 6.92 Å². The van der Waals surface area contributed by atoms with Crippen molar-refractivity contribution < 1.29 is 9.26 Å². The molecule has 2 aromatic heterocycles. The molecule has 1 aromatic carbocycles. The summed E-state index contributed by atoms with van der Waals surface area (Å²) >= 11 is 5.40. The number of imidazole rings is 1. The molecule has 3 aromatic rings. The second kappa shape index (κ2) is 5.33. The third-order valence-electron chi connectivity index (χ3n) is 3.00. The molecule has 0 atom stereocenters. The lowest BCUT2D eigenvalue weighted by molar-refractivity contribution is 0.245. The predicted molar refractivity (Wildman–Crippen MR) is 81.0 cm³/mol. The number of rotatable bonds is 4. The Hall–Kier alpha value is -2.15. The number of H-pyrrole nitrogens is 1. The molecule has 7 heteroatoms. The van der Waals surface area contributed by atoms with Crippen LogP contribution < -0.4 is 4.74 Å². The second-order valence-electron chi connectivity index (χ2n) is 5.06. The number of aryl methyl sites for hydroxylation is 1. The Morgan fingerprint density at radius 1 is 1.43 bits per heavy atom. The zero-order valence-electron chi connectivity index (χ0n) is 12.1. The maximum absolute atomic E-state index is 5.81. The minimum absolute atomic E-state index is 0.0979. The topological polar surface area (TPSA) is 68.9 Å². The smallest absolute Gasteiger partial charge is 0.223 e. The molecule has 6 nitrogen and oxygen atoms in total. The number of hydrogen-bond donors (Lipinski definition) is 1. The van der Waals surface area contributed by atoms with E-state index in [1.807, 2.05) is 36.6 Å². The number of aromatic nitrogens is 4. The second-order valence-corrected chi connectivity index (χ2v) is 5.45. The van der Waals surface area contributed by atoms with Crippen molar-refractivity contribution in [2.75, 3.05) is 0 Å². The van der Waals surface area contributed by atoms with Gasteiger partial charge in [-0.2, -0.15) is 4.98 Å². The molecule has 0 aliphatic heterocycles. The van der Waals surface area contributed by atoms with Gasteiger partial charge in [0.05, 0.1) is 18.2 Å². The highest BCUT2D eigenvalue weighted by molar-refractivity contribution is 7.71. The van der Waals surface area contributed by atoms with E-state index < -0.39 is 0 Å². The van der Waals surface area contributed by atoms with Gasteiger partial charge in [-0.15, -0.1) is 0 Å². The fourth-order valence-corrected chi connectivity index (χ4v) is 2.47. The van der Waals surface area contributed by atoms with Crippen LogP contribution in [0.25, 0.3) is 11.0 Å². The van der Waals surface area contributed by atoms with Crippen LogP contribution >= 0.6 is 12.2 Å². The molecule has 1 N–H and O–H groups in total. The van der Waals surface area contributed by atoms with Gasteiger partial charge >= 0.3 is 0 Å². The summed E-state index contributed by atoms with van der Waals surface area (Å²) in [4.78, 5) is 7.41. The van der Waals surface area contributed by atoms with Crippen LogP contribution in [0.15, 0.2) is 22.7 Å². The zero-order chi connectivity index (χ0) is 15.0. The van der Waals surface area contributed by atoms with Gasteiger partial charge in [0.15, 0.2) is 10.6 Å². The Labute approximate surface area is 126 Å². The van der Waals surface area contributed by atoms with Crippen molar-refractivity contribution in [2.24, 2.45) is 0 Å². The van der Waals surface area contributed by atoms with E-state index in [1.54, 1.807) is 6.92 Å². The summed E-state index contributed by atoms with van der Waals surface area (Å²) in [5.74, 6) is 1.93. The van der Waals surface area contributed by atoms with Crippen molar-refractivity contribution in [1.82, 2.24) is 19.7 Å². The third kappa shape index (κ3) is 2.69. The summed E-state index contributed by atoms with van der Waals surface area (Å²) in [6.07, 6.45) is 0.0979. The van der Waals surface area contributed by atoms with E-state index in [0.29, 0.717) is 23.0 Å². The van der Waals surface area contributed by atoms with Crippen LogP contribution in [0.5, 0.6) is 5.75 Å². The molecule has 0 bridgehead atoms. The maximum atomic E-state index is 5.81. The van der Waals surface area contributed by atoms with Gasteiger partial charge in [-0.25, -0.2) is 0 Å². The number of fused-ring (bicyclic) bond motifs is 1. The van der Waals surface area contributed by atoms with Crippen LogP contribution in [0.2, 0.25) is 0 Å². The first-order valence-electron chi connectivity index (χ1n) is 6.72. The van der Waals surface area contributed by atoms with Crippen molar-refractivity contribution in [3.8, 4) is 5.75 Å². The molecule has 0 amide bonds. The number of hydrogen-bond acceptors (Lipinski definition) is 5. The Kier molecular flexibility index (Phi) is 3.50. The SMILES string of the molecule is Cc1nc(Cn2c(=S)[nH]c3c(OC(C)C)cccc32)no1. The highest BCUT2D eigenvalue weighted by atomic mass is 32.1. The van der Waals surface area contributed by atoms with Crippen molar-refractivity contribution in [3.63, 3.8) is 0 Å². The number of benzene rings is 1. The Morgan fingerprint density at radius 3 is 2.90 bits per heavy atom. The molecular formula is C14H16N4O2S. The number of para-hydroxylation sites is 1. The molecular weight excluding hydrogens is 288 g/mol. The third-order valence-corrected chi connectivity index (χ3v) is 3.33. The fraction of sp³-hybridized carbons (Fsp3) is 0.357. The van der Waals surface area contributed by atoms with E-state index in [4.69, 9.17) is 21.5 Å². The van der Waals surface area contributed by atoms with E-state index in [0.717, 1.165) is 16.8 Å². The summed E-state index contributed by atoms with van der Waals surface area (Å²) < 4.78 is 13.3. The average molecular weight is 304 g/mol. The first-order valence-corrected chi connectivity index (χ1v) is 7.13. The first-order chi connectivity index (χ1) is 10.0. The number of aromatic amines is 1. The number of nitrogens with zero attached hydrogens (tertiary/aromatic N) is 3. The van der Waals surface area contributed by atoms with Crippen molar-refractivity contribution in [3.05, 3.63) is 34.7 Å². The molecule has 21 heavy (non-hydrogen) atoms.